The van der Waals surface area contributed by atoms with Gasteiger partial charge in [0.1, 0.15) is 0 Å². The van der Waals surface area contributed by atoms with Crippen molar-refractivity contribution in [3.8, 4) is 0 Å². The zero-order chi connectivity index (χ0) is 24.9. The number of amides is 3. The van der Waals surface area contributed by atoms with Crippen LogP contribution in [0.25, 0.3) is 0 Å². The van der Waals surface area contributed by atoms with Gasteiger partial charge >= 0.3 is 0 Å². The summed E-state index contributed by atoms with van der Waals surface area (Å²) in [6.45, 7) is 1.21. The summed E-state index contributed by atoms with van der Waals surface area (Å²) in [6, 6.07) is 21.3. The summed E-state index contributed by atoms with van der Waals surface area (Å²) in [4.78, 5) is 43.1. The molecule has 180 valence electrons. The predicted molar refractivity (Wildman–Crippen MR) is 141 cm³/mol. The van der Waals surface area contributed by atoms with Crippen LogP contribution in [-0.4, -0.2) is 49.8 Å². The number of likely N-dealkylation sites (N-methyl/N-ethyl adjacent to an activating group) is 2. The summed E-state index contributed by atoms with van der Waals surface area (Å²) in [5.74, 6) is -0.619. The number of benzene rings is 3. The Morgan fingerprint density at radius 2 is 1.83 bits per heavy atom. The van der Waals surface area contributed by atoms with Crippen LogP contribution in [0.15, 0.2) is 77.3 Å². The number of carbonyl (C=O) groups is 3. The van der Waals surface area contributed by atoms with E-state index in [0.717, 1.165) is 10.0 Å². The second kappa shape index (κ2) is 10.8. The van der Waals surface area contributed by atoms with Crippen LogP contribution in [0.1, 0.15) is 38.7 Å². The topological polar surface area (TPSA) is 81.8 Å². The van der Waals surface area contributed by atoms with Crippen molar-refractivity contribution in [1.29, 1.82) is 0 Å². The van der Waals surface area contributed by atoms with E-state index in [1.807, 2.05) is 43.4 Å². The van der Waals surface area contributed by atoms with Crippen LogP contribution in [0.3, 0.4) is 0 Å². The third-order valence-corrected chi connectivity index (χ3v) is 6.48. The average Bonchev–Trinajstić information content (AvgIpc) is 3.02. The van der Waals surface area contributed by atoms with Gasteiger partial charge in [-0.15, -0.1) is 0 Å². The molecule has 1 aliphatic rings. The van der Waals surface area contributed by atoms with E-state index >= 15 is 0 Å². The van der Waals surface area contributed by atoms with E-state index in [9.17, 15) is 14.4 Å². The first-order valence-corrected chi connectivity index (χ1v) is 12.2. The summed E-state index contributed by atoms with van der Waals surface area (Å²) in [7, 11) is 3.56. The molecule has 1 heterocycles. The van der Waals surface area contributed by atoms with Crippen molar-refractivity contribution < 1.29 is 14.4 Å². The van der Waals surface area contributed by atoms with Gasteiger partial charge in [-0.2, -0.15) is 0 Å². The Labute approximate surface area is 213 Å². The molecular formula is C27H27BrN4O3. The molecule has 0 fully saturated rings. The average molecular weight is 535 g/mol. The number of nitrogens with zero attached hydrogens (tertiary/aromatic N) is 2. The number of fused-ring (bicyclic) bond motifs is 1. The third-order valence-electron chi connectivity index (χ3n) is 5.99. The predicted octanol–water partition coefficient (Wildman–Crippen LogP) is 4.47. The van der Waals surface area contributed by atoms with E-state index in [4.69, 9.17) is 0 Å². The lowest BCUT2D eigenvalue weighted by atomic mass is 10.00. The summed E-state index contributed by atoms with van der Waals surface area (Å²) in [5.41, 5.74) is 2.77. The number of hydrogen-bond acceptors (Lipinski definition) is 4. The molecule has 0 aliphatic carbocycles. The monoisotopic (exact) mass is 534 g/mol. The maximum atomic E-state index is 13.9. The minimum absolute atomic E-state index is 0.0871. The van der Waals surface area contributed by atoms with Crippen LogP contribution in [0, 0.1) is 0 Å². The number of nitrogens with one attached hydrogen (secondary N) is 2. The van der Waals surface area contributed by atoms with Crippen LogP contribution < -0.4 is 15.5 Å². The van der Waals surface area contributed by atoms with E-state index < -0.39 is 6.04 Å². The first-order chi connectivity index (χ1) is 16.9. The van der Waals surface area contributed by atoms with Gasteiger partial charge in [0, 0.05) is 35.7 Å². The molecule has 0 saturated heterocycles. The van der Waals surface area contributed by atoms with Gasteiger partial charge in [-0.25, -0.2) is 0 Å². The molecule has 35 heavy (non-hydrogen) atoms. The molecule has 1 aliphatic heterocycles. The van der Waals surface area contributed by atoms with Crippen molar-refractivity contribution in [3.63, 3.8) is 0 Å². The molecule has 0 aromatic heterocycles. The Morgan fingerprint density at radius 1 is 1.06 bits per heavy atom. The summed E-state index contributed by atoms with van der Waals surface area (Å²) >= 11 is 3.44. The molecule has 0 saturated carbocycles. The highest BCUT2D eigenvalue weighted by atomic mass is 79.9. The summed E-state index contributed by atoms with van der Waals surface area (Å²) in [5, 5.41) is 5.95. The fourth-order valence-electron chi connectivity index (χ4n) is 4.17. The number of hydrogen-bond donors (Lipinski definition) is 2. The third kappa shape index (κ3) is 5.44. The number of anilines is 2. The quantitative estimate of drug-likeness (QED) is 0.488. The van der Waals surface area contributed by atoms with E-state index in [0.29, 0.717) is 35.6 Å². The number of rotatable bonds is 6. The highest BCUT2D eigenvalue weighted by molar-refractivity contribution is 9.10. The summed E-state index contributed by atoms with van der Waals surface area (Å²) in [6.07, 6.45) is 0.0871. The Balaban J connectivity index is 1.81. The number of carbonyl (C=O) groups excluding carboxylic acids is 3. The lowest BCUT2D eigenvalue weighted by Gasteiger charge is -2.31. The largest absolute Gasteiger partial charge is 0.340 e. The van der Waals surface area contributed by atoms with Crippen molar-refractivity contribution in [1.82, 2.24) is 10.2 Å². The second-order valence-corrected chi connectivity index (χ2v) is 9.34. The molecular weight excluding hydrogens is 508 g/mol. The molecule has 0 bridgehead atoms. The minimum Gasteiger partial charge on any atom is -0.340 e. The molecule has 0 radical (unpaired) electrons. The van der Waals surface area contributed by atoms with Crippen molar-refractivity contribution >= 4 is 45.0 Å². The molecule has 7 nitrogen and oxygen atoms in total. The molecule has 4 rings (SSSR count). The van der Waals surface area contributed by atoms with Gasteiger partial charge in [0.2, 0.25) is 5.91 Å². The lowest BCUT2D eigenvalue weighted by molar-refractivity contribution is -0.116. The van der Waals surface area contributed by atoms with Gasteiger partial charge in [0.05, 0.1) is 23.8 Å². The van der Waals surface area contributed by atoms with Gasteiger partial charge in [-0.3, -0.25) is 19.3 Å². The van der Waals surface area contributed by atoms with Crippen molar-refractivity contribution in [2.45, 2.75) is 12.5 Å². The van der Waals surface area contributed by atoms with Gasteiger partial charge in [0.25, 0.3) is 11.8 Å². The Bertz CT molecular complexity index is 1250. The van der Waals surface area contributed by atoms with Gasteiger partial charge in [-0.1, -0.05) is 52.3 Å². The maximum absolute atomic E-state index is 13.9. The van der Waals surface area contributed by atoms with Gasteiger partial charge in [0.15, 0.2) is 0 Å². The smallest absolute Gasteiger partial charge is 0.258 e. The van der Waals surface area contributed by atoms with Crippen molar-refractivity contribution in [2.24, 2.45) is 0 Å². The Hall–Kier alpha value is -3.49. The molecule has 1 unspecified atom stereocenters. The molecule has 1 atom stereocenters. The Kier molecular flexibility index (Phi) is 7.63. The molecule has 3 aromatic rings. The first kappa shape index (κ1) is 24.6. The maximum Gasteiger partial charge on any atom is 0.258 e. The van der Waals surface area contributed by atoms with E-state index in [1.165, 1.54) is 0 Å². The minimum atomic E-state index is -0.510. The highest BCUT2D eigenvalue weighted by Crippen LogP contribution is 2.40. The van der Waals surface area contributed by atoms with E-state index in [1.54, 1.807) is 53.2 Å². The van der Waals surface area contributed by atoms with Gasteiger partial charge in [-0.05, 0) is 49.0 Å². The van der Waals surface area contributed by atoms with Crippen LogP contribution in [0.5, 0.6) is 0 Å². The normalized spacial score (nSPS) is 15.1. The van der Waals surface area contributed by atoms with E-state index in [2.05, 4.69) is 26.6 Å². The van der Waals surface area contributed by atoms with Crippen LogP contribution in [-0.2, 0) is 4.79 Å². The zero-order valence-electron chi connectivity index (χ0n) is 19.6. The van der Waals surface area contributed by atoms with Crippen molar-refractivity contribution in [2.75, 3.05) is 37.4 Å². The summed E-state index contributed by atoms with van der Waals surface area (Å²) < 4.78 is 0.786. The number of halogens is 1. The van der Waals surface area contributed by atoms with Gasteiger partial charge < -0.3 is 15.5 Å². The lowest BCUT2D eigenvalue weighted by Crippen LogP contribution is -2.35. The molecule has 0 spiro atoms. The molecule has 8 heteroatoms. The standard InChI is InChI=1S/C27H27BrN4O3/c1-29-13-14-31(2)26(34)20-11-12-23-22(16-20)30-25(33)17-24(18-7-4-3-5-8-18)32(23)27(35)19-9-6-10-21(28)15-19/h3-12,15-16,24,29H,13-14,17H2,1-2H3,(H,30,33). The Morgan fingerprint density at radius 3 is 2.54 bits per heavy atom. The fourth-order valence-corrected chi connectivity index (χ4v) is 4.57. The SMILES string of the molecule is CNCCN(C)C(=O)c1ccc2c(c1)NC(=O)CC(c1ccccc1)N2C(=O)c1cccc(Br)c1. The van der Waals surface area contributed by atoms with Crippen LogP contribution >= 0.6 is 15.9 Å². The molecule has 3 amide bonds. The van der Waals surface area contributed by atoms with Crippen LogP contribution in [0.4, 0.5) is 11.4 Å². The fraction of sp³-hybridized carbons (Fsp3) is 0.222. The van der Waals surface area contributed by atoms with Crippen molar-refractivity contribution in [3.05, 3.63) is 94.0 Å². The molecule has 2 N–H and O–H groups in total. The second-order valence-electron chi connectivity index (χ2n) is 8.43. The molecule has 3 aromatic carbocycles. The van der Waals surface area contributed by atoms with E-state index in [-0.39, 0.29) is 24.1 Å². The van der Waals surface area contributed by atoms with Crippen LogP contribution in [0.2, 0.25) is 0 Å². The highest BCUT2D eigenvalue weighted by Gasteiger charge is 2.34. The first-order valence-electron chi connectivity index (χ1n) is 11.4. The zero-order valence-corrected chi connectivity index (χ0v) is 21.2.